The molecule has 617 valence electrons. The summed E-state index contributed by atoms with van der Waals surface area (Å²) in [4.78, 5) is 0. The molecule has 20 rings (SSSR count). The maximum absolute atomic E-state index is 8.17. The Balaban J connectivity index is 0.000000126. The maximum atomic E-state index is 8.17. The van der Waals surface area contributed by atoms with Gasteiger partial charge in [-0.15, -0.1) is 0 Å². The Kier molecular flexibility index (Phi) is 34.5. The summed E-state index contributed by atoms with van der Waals surface area (Å²) in [5, 5.41) is 24.9. The van der Waals surface area contributed by atoms with E-state index in [1.807, 2.05) is 18.2 Å². The SMILES string of the molecule is CC1(C)c2cc(Br)ccc2-c2ccc(-c3ccccc3)cc21.CC1(C)c2cc(Br)ccc2-c2ccc(Br)cc21.O[B]Oc1ccccc1.[Pd].c1ccc(P(c2ccccc2)c2ccccc2)cc1.c1ccc(P(c2ccccc2)c2ccccc2)cc1.c1ccc(P(c2ccccc2)c2ccccc2)cc1.c1ccc(P(c2ccccc2)c2ccccc2)cc1. The summed E-state index contributed by atoms with van der Waals surface area (Å²) in [6.45, 7) is 9.21. The number of hydrogen-bond donors (Lipinski definition) is 1. The Morgan fingerprint density at radius 1 is 0.208 bits per heavy atom. The van der Waals surface area contributed by atoms with E-state index in [1.165, 1.54) is 119 Å². The quantitative estimate of drug-likeness (QED) is 0.0819. The predicted molar refractivity (Wildman–Crippen MR) is 552 cm³/mol. The standard InChI is InChI=1S/C21H17Br.4C18H15P.C15H12Br2.C6H6BO2.Pd/c1-21(2)19-12-15(14-6-4-3-5-7-14)8-10-17(19)18-11-9-16(22)13-20(18)21;4*1-4-10-16(11-5-1)19(17-12-6-2-7-13-17)18-14-8-3-9-15-18;1-15(2)13-7-9(16)3-5-11(13)12-6-4-10(17)8-14(12)15;8-7-9-6-4-2-1-3-5-6;/h3-13H,1-2H3;4*1-15H;3-8H,1-2H3;1-5,8H;. The zero-order chi connectivity index (χ0) is 85.7. The van der Waals surface area contributed by atoms with Crippen molar-refractivity contribution in [1.29, 1.82) is 0 Å². The topological polar surface area (TPSA) is 29.5 Å². The largest absolute Gasteiger partial charge is 0.569 e. The molecule has 0 bridgehead atoms. The van der Waals surface area contributed by atoms with Crippen LogP contribution in [0.3, 0.4) is 0 Å². The van der Waals surface area contributed by atoms with E-state index in [-0.39, 0.29) is 31.3 Å². The molecule has 0 amide bonds. The van der Waals surface area contributed by atoms with E-state index >= 15 is 0 Å². The van der Waals surface area contributed by atoms with Gasteiger partial charge in [-0.05, 0) is 206 Å². The fourth-order valence-corrected chi connectivity index (χ4v) is 25.8. The van der Waals surface area contributed by atoms with E-state index in [4.69, 9.17) is 5.02 Å². The molecule has 0 fully saturated rings. The first-order valence-corrected chi connectivity index (χ1v) is 49.1. The normalized spacial score (nSPS) is 11.7. The van der Waals surface area contributed by atoms with Crippen LogP contribution in [0.25, 0.3) is 33.4 Å². The predicted octanol–water partition coefficient (Wildman–Crippen LogP) is 26.3. The van der Waals surface area contributed by atoms with Crippen LogP contribution in [0.5, 0.6) is 5.75 Å². The van der Waals surface area contributed by atoms with Crippen molar-refractivity contribution < 1.29 is 30.1 Å². The zero-order valence-corrected chi connectivity index (χ0v) is 79.9. The van der Waals surface area contributed by atoms with Gasteiger partial charge in [0.1, 0.15) is 0 Å². The molecule has 2 nitrogen and oxygen atoms in total. The molecule has 2 aliphatic rings. The van der Waals surface area contributed by atoms with E-state index in [0.717, 1.165) is 13.4 Å². The van der Waals surface area contributed by atoms with Crippen molar-refractivity contribution >= 4 is 151 Å². The second-order valence-corrected chi connectivity index (χ2v) is 42.0. The summed E-state index contributed by atoms with van der Waals surface area (Å²) >= 11 is 10.7. The molecule has 0 atom stereocenters. The summed E-state index contributed by atoms with van der Waals surface area (Å²) in [6, 6.07) is 176. The summed E-state index contributed by atoms with van der Waals surface area (Å²) < 4.78 is 8.08. The average molecular weight is 1980 g/mol. The van der Waals surface area contributed by atoms with Gasteiger partial charge in [0, 0.05) is 44.7 Å². The molecule has 0 heterocycles. The molecule has 18 aromatic carbocycles. The Labute approximate surface area is 784 Å². The van der Waals surface area contributed by atoms with Gasteiger partial charge in [-0.1, -0.05) is 518 Å². The van der Waals surface area contributed by atoms with Crippen LogP contribution in [0.1, 0.15) is 49.9 Å². The molecule has 0 saturated carbocycles. The first-order chi connectivity index (χ1) is 60.8. The van der Waals surface area contributed by atoms with Crippen LogP contribution in [0, 0.1) is 0 Å². The summed E-state index contributed by atoms with van der Waals surface area (Å²) in [6.07, 6.45) is 0. The monoisotopic (exact) mass is 1970 g/mol. The molecule has 125 heavy (non-hydrogen) atoms. The van der Waals surface area contributed by atoms with Crippen molar-refractivity contribution in [3.63, 3.8) is 0 Å². The van der Waals surface area contributed by atoms with Gasteiger partial charge < -0.3 is 9.68 Å². The first kappa shape index (κ1) is 92.3. The third-order valence-corrected chi connectivity index (χ3v) is 32.7. The third-order valence-electron chi connectivity index (χ3n) is 21.4. The van der Waals surface area contributed by atoms with E-state index in [9.17, 15) is 0 Å². The van der Waals surface area contributed by atoms with E-state index < -0.39 is 31.7 Å². The van der Waals surface area contributed by atoms with Crippen LogP contribution >= 0.6 is 79.5 Å². The molecule has 0 aliphatic heterocycles. The Morgan fingerprint density at radius 2 is 0.376 bits per heavy atom. The van der Waals surface area contributed by atoms with Crippen LogP contribution in [0.2, 0.25) is 0 Å². The van der Waals surface area contributed by atoms with Gasteiger partial charge >= 0.3 is 7.69 Å². The molecular formula is C114H95BBr3O2P4Pd. The van der Waals surface area contributed by atoms with Gasteiger partial charge in [0.2, 0.25) is 0 Å². The van der Waals surface area contributed by atoms with Crippen molar-refractivity contribution in [2.45, 2.75) is 38.5 Å². The van der Waals surface area contributed by atoms with E-state index in [0.29, 0.717) is 13.4 Å². The molecule has 2 aliphatic carbocycles. The Bertz CT molecular complexity index is 5360. The molecule has 0 saturated heterocycles. The molecular weight excluding hydrogens is 1880 g/mol. The van der Waals surface area contributed by atoms with Gasteiger partial charge in [0.05, 0.1) is 5.75 Å². The summed E-state index contributed by atoms with van der Waals surface area (Å²) in [7, 11) is -1.12. The minimum atomic E-state index is -0.446. The fraction of sp³-hybridized carbons (Fsp3) is 0.0526. The van der Waals surface area contributed by atoms with Crippen LogP contribution < -0.4 is 68.3 Å². The van der Waals surface area contributed by atoms with Crippen LogP contribution in [-0.2, 0) is 31.3 Å². The molecule has 11 heteroatoms. The van der Waals surface area contributed by atoms with Crippen LogP contribution in [0.4, 0.5) is 0 Å². The van der Waals surface area contributed by atoms with Gasteiger partial charge in [-0.3, -0.25) is 0 Å². The van der Waals surface area contributed by atoms with Crippen molar-refractivity contribution in [1.82, 2.24) is 0 Å². The Morgan fingerprint density at radius 3 is 0.568 bits per heavy atom. The van der Waals surface area contributed by atoms with Gasteiger partial charge in [0.15, 0.2) is 0 Å². The molecule has 18 aromatic rings. The minimum absolute atomic E-state index is 0. The Hall–Kier alpha value is -10.4. The number of benzene rings is 18. The van der Waals surface area contributed by atoms with Gasteiger partial charge in [-0.25, -0.2) is 0 Å². The summed E-state index contributed by atoms with van der Waals surface area (Å²) in [5.41, 5.74) is 13.8. The van der Waals surface area contributed by atoms with Crippen molar-refractivity contribution in [2.75, 3.05) is 0 Å². The molecule has 1 radical (unpaired) electrons. The third kappa shape index (κ3) is 24.4. The van der Waals surface area contributed by atoms with Crippen molar-refractivity contribution in [2.24, 2.45) is 0 Å². The van der Waals surface area contributed by atoms with Gasteiger partial charge in [-0.2, -0.15) is 0 Å². The number of para-hydroxylation sites is 1. The van der Waals surface area contributed by atoms with Crippen LogP contribution in [0.15, 0.2) is 511 Å². The van der Waals surface area contributed by atoms with E-state index in [1.54, 1.807) is 12.1 Å². The van der Waals surface area contributed by atoms with Gasteiger partial charge in [0.25, 0.3) is 0 Å². The minimum Gasteiger partial charge on any atom is -0.537 e. The van der Waals surface area contributed by atoms with Crippen molar-refractivity contribution in [3.8, 4) is 39.1 Å². The second-order valence-electron chi connectivity index (χ2n) is 30.4. The second kappa shape index (κ2) is 46.7. The molecule has 0 spiro atoms. The molecule has 1 N–H and O–H groups in total. The zero-order valence-electron chi connectivity index (χ0n) is 70.0. The average Bonchev–Trinajstić information content (AvgIpc) is 1.58. The number of rotatable bonds is 15. The fourth-order valence-electron chi connectivity index (χ4n) is 15.5. The maximum Gasteiger partial charge on any atom is 0.569 e. The smallest absolute Gasteiger partial charge is 0.537 e. The van der Waals surface area contributed by atoms with Crippen molar-refractivity contribution in [3.05, 3.63) is 533 Å². The summed E-state index contributed by atoms with van der Waals surface area (Å²) in [5.74, 6) is 0.639. The number of hydrogen-bond acceptors (Lipinski definition) is 2. The molecule has 0 unspecified atom stereocenters. The number of fused-ring (bicyclic) bond motifs is 6. The molecule has 0 aromatic heterocycles. The van der Waals surface area contributed by atoms with Crippen LogP contribution in [-0.4, -0.2) is 12.7 Å². The first-order valence-electron chi connectivity index (χ1n) is 41.4. The van der Waals surface area contributed by atoms with E-state index in [2.05, 4.69) is 547 Å². The number of halogens is 3.